The van der Waals surface area contributed by atoms with Crippen molar-refractivity contribution in [1.29, 1.82) is 0 Å². The summed E-state index contributed by atoms with van der Waals surface area (Å²) < 4.78 is 5.88. The minimum absolute atomic E-state index is 0.121. The standard InChI is InChI=1S/C19H21NO3/c1-19(2)11-10-13-16(23-19)9-8-14(18(13)22)17(21)12-6-4-5-7-15(12)20-3/h4-7,10-11,14,20H,8-9H2,1-3H3. The molecule has 0 saturated heterocycles. The number of anilines is 1. The van der Waals surface area contributed by atoms with E-state index >= 15 is 0 Å². The van der Waals surface area contributed by atoms with Crippen molar-refractivity contribution in [3.05, 3.63) is 53.3 Å². The fourth-order valence-electron chi connectivity index (χ4n) is 3.14. The second-order valence-electron chi connectivity index (χ2n) is 6.49. The molecule has 0 spiro atoms. The van der Waals surface area contributed by atoms with Gasteiger partial charge in [0.2, 0.25) is 0 Å². The molecule has 4 heteroatoms. The molecule has 0 bridgehead atoms. The summed E-state index contributed by atoms with van der Waals surface area (Å²) in [5.74, 6) is -0.162. The summed E-state index contributed by atoms with van der Waals surface area (Å²) in [7, 11) is 1.77. The summed E-state index contributed by atoms with van der Waals surface area (Å²) in [6.45, 7) is 3.91. The maximum absolute atomic E-state index is 12.8. The van der Waals surface area contributed by atoms with Crippen molar-refractivity contribution in [3.8, 4) is 0 Å². The first-order valence-corrected chi connectivity index (χ1v) is 7.89. The van der Waals surface area contributed by atoms with Crippen molar-refractivity contribution >= 4 is 17.3 Å². The van der Waals surface area contributed by atoms with Crippen LogP contribution in [0.2, 0.25) is 0 Å². The Morgan fingerprint density at radius 2 is 2.04 bits per heavy atom. The Hall–Kier alpha value is -2.36. The highest BCUT2D eigenvalue weighted by molar-refractivity contribution is 6.19. The normalized spacial score (nSPS) is 22.4. The van der Waals surface area contributed by atoms with Crippen LogP contribution in [0.25, 0.3) is 0 Å². The number of allylic oxidation sites excluding steroid dienone is 3. The van der Waals surface area contributed by atoms with Crippen molar-refractivity contribution in [2.24, 2.45) is 5.92 Å². The number of benzene rings is 1. The van der Waals surface area contributed by atoms with E-state index in [1.54, 1.807) is 13.1 Å². The quantitative estimate of drug-likeness (QED) is 0.685. The third-order valence-corrected chi connectivity index (χ3v) is 4.36. The monoisotopic (exact) mass is 311 g/mol. The smallest absolute Gasteiger partial charge is 0.177 e. The minimum Gasteiger partial charge on any atom is -0.487 e. The van der Waals surface area contributed by atoms with Crippen molar-refractivity contribution in [2.45, 2.75) is 32.3 Å². The number of hydrogen-bond acceptors (Lipinski definition) is 4. The molecular formula is C19H21NO3. The molecule has 1 aliphatic heterocycles. The van der Waals surface area contributed by atoms with Crippen LogP contribution in [-0.4, -0.2) is 24.2 Å². The van der Waals surface area contributed by atoms with E-state index in [2.05, 4.69) is 5.32 Å². The number of carbonyl (C=O) groups excluding carboxylic acids is 2. The number of ether oxygens (including phenoxy) is 1. The van der Waals surface area contributed by atoms with Gasteiger partial charge < -0.3 is 10.1 Å². The number of hydrogen-bond donors (Lipinski definition) is 1. The maximum Gasteiger partial charge on any atom is 0.177 e. The first-order valence-electron chi connectivity index (χ1n) is 7.89. The average molecular weight is 311 g/mol. The van der Waals surface area contributed by atoms with E-state index in [1.165, 1.54) is 0 Å². The predicted molar refractivity (Wildman–Crippen MR) is 89.4 cm³/mol. The predicted octanol–water partition coefficient (Wildman–Crippen LogP) is 3.51. The van der Waals surface area contributed by atoms with Crippen LogP contribution in [0.15, 0.2) is 47.7 Å². The van der Waals surface area contributed by atoms with Gasteiger partial charge in [-0.1, -0.05) is 12.1 Å². The van der Waals surface area contributed by atoms with Crippen LogP contribution < -0.4 is 5.32 Å². The lowest BCUT2D eigenvalue weighted by Gasteiger charge is -2.33. The summed E-state index contributed by atoms with van der Waals surface area (Å²) in [5, 5.41) is 3.01. The molecular weight excluding hydrogens is 290 g/mol. The van der Waals surface area contributed by atoms with E-state index in [-0.39, 0.29) is 11.6 Å². The van der Waals surface area contributed by atoms with E-state index in [4.69, 9.17) is 4.74 Å². The lowest BCUT2D eigenvalue weighted by molar-refractivity contribution is -0.119. The second-order valence-corrected chi connectivity index (χ2v) is 6.49. The van der Waals surface area contributed by atoms with E-state index in [9.17, 15) is 9.59 Å². The van der Waals surface area contributed by atoms with Crippen molar-refractivity contribution in [1.82, 2.24) is 0 Å². The fourth-order valence-corrected chi connectivity index (χ4v) is 3.14. The van der Waals surface area contributed by atoms with Crippen LogP contribution >= 0.6 is 0 Å². The molecule has 1 aromatic carbocycles. The average Bonchev–Trinajstić information content (AvgIpc) is 2.53. The lowest BCUT2D eigenvalue weighted by Crippen LogP contribution is -2.34. The van der Waals surface area contributed by atoms with Gasteiger partial charge in [0, 0.05) is 24.7 Å². The van der Waals surface area contributed by atoms with Gasteiger partial charge in [0.25, 0.3) is 0 Å². The summed E-state index contributed by atoms with van der Waals surface area (Å²) in [6, 6.07) is 7.29. The van der Waals surface area contributed by atoms with Crippen LogP contribution in [-0.2, 0) is 9.53 Å². The van der Waals surface area contributed by atoms with Gasteiger partial charge in [-0.05, 0) is 44.6 Å². The molecule has 1 unspecified atom stereocenters. The molecule has 4 nitrogen and oxygen atoms in total. The van der Waals surface area contributed by atoms with E-state index in [1.807, 2.05) is 44.2 Å². The summed E-state index contributed by atoms with van der Waals surface area (Å²) in [6.07, 6.45) is 4.80. The van der Waals surface area contributed by atoms with Gasteiger partial charge in [0.1, 0.15) is 11.4 Å². The summed E-state index contributed by atoms with van der Waals surface area (Å²) >= 11 is 0. The van der Waals surface area contributed by atoms with Gasteiger partial charge in [-0.25, -0.2) is 0 Å². The highest BCUT2D eigenvalue weighted by Crippen LogP contribution is 2.36. The Bertz CT molecular complexity index is 728. The first-order chi connectivity index (χ1) is 10.9. The van der Waals surface area contributed by atoms with E-state index in [0.717, 1.165) is 5.69 Å². The molecule has 120 valence electrons. The van der Waals surface area contributed by atoms with Crippen LogP contribution in [0.4, 0.5) is 5.69 Å². The topological polar surface area (TPSA) is 55.4 Å². The lowest BCUT2D eigenvalue weighted by atomic mass is 9.80. The number of nitrogens with one attached hydrogen (secondary N) is 1. The zero-order valence-electron chi connectivity index (χ0n) is 13.7. The highest BCUT2D eigenvalue weighted by atomic mass is 16.5. The molecule has 1 aromatic rings. The van der Waals surface area contributed by atoms with E-state index in [0.29, 0.717) is 29.7 Å². The van der Waals surface area contributed by atoms with Gasteiger partial charge in [0.05, 0.1) is 11.5 Å². The Morgan fingerprint density at radius 3 is 2.78 bits per heavy atom. The number of rotatable bonds is 3. The Morgan fingerprint density at radius 1 is 1.30 bits per heavy atom. The molecule has 0 amide bonds. The first kappa shape index (κ1) is 15.5. The van der Waals surface area contributed by atoms with Gasteiger partial charge in [-0.3, -0.25) is 9.59 Å². The fraction of sp³-hybridized carbons (Fsp3) is 0.368. The molecule has 1 atom stereocenters. The number of Topliss-reactive ketones (excluding diaryl/α,β-unsaturated/α-hetero) is 2. The summed E-state index contributed by atoms with van der Waals surface area (Å²) in [4.78, 5) is 25.6. The highest BCUT2D eigenvalue weighted by Gasteiger charge is 2.38. The zero-order valence-corrected chi connectivity index (χ0v) is 13.7. The molecule has 0 fully saturated rings. The van der Waals surface area contributed by atoms with Crippen molar-refractivity contribution in [2.75, 3.05) is 12.4 Å². The third-order valence-electron chi connectivity index (χ3n) is 4.36. The number of para-hydroxylation sites is 1. The molecule has 3 rings (SSSR count). The van der Waals surface area contributed by atoms with Crippen molar-refractivity contribution in [3.63, 3.8) is 0 Å². The zero-order chi connectivity index (χ0) is 16.6. The van der Waals surface area contributed by atoms with Gasteiger partial charge >= 0.3 is 0 Å². The SMILES string of the molecule is CNc1ccccc1C(=O)C1CCC2=C(C=CC(C)(C)O2)C1=O. The minimum atomic E-state index is -0.627. The van der Waals surface area contributed by atoms with Crippen LogP contribution in [0.3, 0.4) is 0 Å². The number of carbonyl (C=O) groups is 2. The van der Waals surface area contributed by atoms with Crippen LogP contribution in [0, 0.1) is 5.92 Å². The molecule has 0 radical (unpaired) electrons. The van der Waals surface area contributed by atoms with Crippen LogP contribution in [0.5, 0.6) is 0 Å². The second kappa shape index (κ2) is 5.69. The molecule has 1 heterocycles. The van der Waals surface area contributed by atoms with Crippen LogP contribution in [0.1, 0.15) is 37.0 Å². The van der Waals surface area contributed by atoms with Gasteiger partial charge in [-0.2, -0.15) is 0 Å². The molecule has 23 heavy (non-hydrogen) atoms. The van der Waals surface area contributed by atoms with Gasteiger partial charge in [0.15, 0.2) is 11.6 Å². The maximum atomic E-state index is 12.8. The van der Waals surface area contributed by atoms with Crippen molar-refractivity contribution < 1.29 is 14.3 Å². The Kier molecular flexibility index (Phi) is 3.84. The molecule has 1 aliphatic carbocycles. The molecule has 0 saturated carbocycles. The Balaban J connectivity index is 1.89. The van der Waals surface area contributed by atoms with E-state index < -0.39 is 11.5 Å². The molecule has 0 aromatic heterocycles. The largest absolute Gasteiger partial charge is 0.487 e. The molecule has 1 N–H and O–H groups in total. The van der Waals surface area contributed by atoms with Gasteiger partial charge in [-0.15, -0.1) is 0 Å². The number of ketones is 2. The molecule has 2 aliphatic rings. The Labute approximate surface area is 136 Å². The third kappa shape index (κ3) is 2.81. The summed E-state index contributed by atoms with van der Waals surface area (Å²) in [5.41, 5.74) is 1.48.